The molecule has 0 heterocycles. The molecule has 2 N–H and O–H groups in total. The van der Waals surface area contributed by atoms with Crippen molar-refractivity contribution in [2.24, 2.45) is 0 Å². The van der Waals surface area contributed by atoms with Crippen LogP contribution in [-0.4, -0.2) is 18.1 Å². The van der Waals surface area contributed by atoms with Gasteiger partial charge in [-0.15, -0.1) is 0 Å². The van der Waals surface area contributed by atoms with Crippen LogP contribution in [0, 0.1) is 20.8 Å². The Labute approximate surface area is 124 Å². The summed E-state index contributed by atoms with van der Waals surface area (Å²) in [7, 11) is 1.47. The Balaban J connectivity index is 2.40. The lowest BCUT2D eigenvalue weighted by Gasteiger charge is -2.15. The largest absolute Gasteiger partial charge is 0.507 e. The van der Waals surface area contributed by atoms with E-state index in [1.165, 1.54) is 13.2 Å². The van der Waals surface area contributed by atoms with Crippen molar-refractivity contribution >= 4 is 11.6 Å². The molecule has 0 radical (unpaired) electrons. The predicted octanol–water partition coefficient (Wildman–Crippen LogP) is 3.58. The fourth-order valence-corrected chi connectivity index (χ4v) is 2.47. The third kappa shape index (κ3) is 2.99. The second-order valence-corrected chi connectivity index (χ2v) is 5.08. The summed E-state index contributed by atoms with van der Waals surface area (Å²) in [6, 6.07) is 8.75. The zero-order chi connectivity index (χ0) is 15.6. The van der Waals surface area contributed by atoms with Crippen molar-refractivity contribution in [1.29, 1.82) is 0 Å². The lowest BCUT2D eigenvalue weighted by molar-refractivity contribution is 0.102. The molecule has 0 aliphatic rings. The van der Waals surface area contributed by atoms with Crippen LogP contribution in [0.1, 0.15) is 27.0 Å². The quantitative estimate of drug-likeness (QED) is 0.906. The highest BCUT2D eigenvalue weighted by molar-refractivity contribution is 6.08. The predicted molar refractivity (Wildman–Crippen MR) is 83.3 cm³/mol. The number of rotatable bonds is 3. The van der Waals surface area contributed by atoms with E-state index in [9.17, 15) is 9.90 Å². The molecule has 0 atom stereocenters. The number of aromatic hydroxyl groups is 1. The van der Waals surface area contributed by atoms with Gasteiger partial charge in [-0.25, -0.2) is 0 Å². The number of anilines is 1. The molecule has 0 unspecified atom stereocenters. The number of phenolic OH excluding ortho intramolecular Hbond substituents is 1. The van der Waals surface area contributed by atoms with Crippen LogP contribution in [0.3, 0.4) is 0 Å². The maximum atomic E-state index is 12.5. The number of hydrogen-bond donors (Lipinski definition) is 2. The zero-order valence-electron chi connectivity index (χ0n) is 12.7. The van der Waals surface area contributed by atoms with Crippen molar-refractivity contribution in [3.63, 3.8) is 0 Å². The molecule has 0 bridgehead atoms. The Morgan fingerprint density at radius 2 is 1.76 bits per heavy atom. The van der Waals surface area contributed by atoms with E-state index in [4.69, 9.17) is 4.74 Å². The Morgan fingerprint density at radius 3 is 2.33 bits per heavy atom. The number of hydrogen-bond acceptors (Lipinski definition) is 3. The molecule has 0 saturated carbocycles. The van der Waals surface area contributed by atoms with Crippen LogP contribution in [-0.2, 0) is 0 Å². The molecule has 0 saturated heterocycles. The first kappa shape index (κ1) is 14.9. The fraction of sp³-hybridized carbons (Fsp3) is 0.235. The summed E-state index contributed by atoms with van der Waals surface area (Å²) in [6.45, 7) is 5.90. The summed E-state index contributed by atoms with van der Waals surface area (Å²) in [5, 5.41) is 12.8. The van der Waals surface area contributed by atoms with Gasteiger partial charge in [0.1, 0.15) is 17.1 Å². The van der Waals surface area contributed by atoms with Crippen LogP contribution in [0.5, 0.6) is 11.5 Å². The third-order valence-corrected chi connectivity index (χ3v) is 3.37. The van der Waals surface area contributed by atoms with Gasteiger partial charge in [-0.05, 0) is 44.0 Å². The fourth-order valence-electron chi connectivity index (χ4n) is 2.47. The van der Waals surface area contributed by atoms with E-state index in [2.05, 4.69) is 5.32 Å². The molecule has 0 aromatic heterocycles. The number of aryl methyl sites for hydroxylation is 3. The van der Waals surface area contributed by atoms with E-state index < -0.39 is 0 Å². The molecule has 4 nitrogen and oxygen atoms in total. The van der Waals surface area contributed by atoms with E-state index >= 15 is 0 Å². The second-order valence-electron chi connectivity index (χ2n) is 5.08. The standard InChI is InChI=1S/C17H19NO3/c1-10-8-11(2)16(12(3)9-10)18-17(20)15-13(19)6-5-7-14(15)21-4/h5-9,19H,1-4H3,(H,18,20). The number of carbonyl (C=O) groups is 1. The summed E-state index contributed by atoms with van der Waals surface area (Å²) in [5.74, 6) is -0.149. The van der Waals surface area contributed by atoms with Gasteiger partial charge in [0.05, 0.1) is 7.11 Å². The molecule has 0 spiro atoms. The molecule has 4 heteroatoms. The Hall–Kier alpha value is -2.49. The number of benzene rings is 2. The summed E-state index contributed by atoms with van der Waals surface area (Å²) in [5.41, 5.74) is 4.00. The third-order valence-electron chi connectivity index (χ3n) is 3.37. The molecule has 1 amide bonds. The Kier molecular flexibility index (Phi) is 4.17. The summed E-state index contributed by atoms with van der Waals surface area (Å²) < 4.78 is 5.14. The van der Waals surface area contributed by atoms with Crippen molar-refractivity contribution in [2.75, 3.05) is 12.4 Å². The molecule has 110 valence electrons. The van der Waals surface area contributed by atoms with E-state index in [0.717, 1.165) is 22.4 Å². The van der Waals surface area contributed by atoms with E-state index in [-0.39, 0.29) is 17.2 Å². The van der Waals surface area contributed by atoms with Crippen LogP contribution < -0.4 is 10.1 Å². The van der Waals surface area contributed by atoms with Crippen LogP contribution in [0.25, 0.3) is 0 Å². The van der Waals surface area contributed by atoms with Crippen LogP contribution in [0.15, 0.2) is 30.3 Å². The average molecular weight is 285 g/mol. The van der Waals surface area contributed by atoms with Gasteiger partial charge in [-0.2, -0.15) is 0 Å². The monoisotopic (exact) mass is 285 g/mol. The molecule has 2 aromatic rings. The number of phenols is 1. The number of nitrogens with one attached hydrogen (secondary N) is 1. The SMILES string of the molecule is COc1cccc(O)c1C(=O)Nc1c(C)cc(C)cc1C. The van der Waals surface area contributed by atoms with E-state index in [1.54, 1.807) is 12.1 Å². The molecule has 2 rings (SSSR count). The van der Waals surface area contributed by atoms with Crippen molar-refractivity contribution < 1.29 is 14.6 Å². The number of amides is 1. The normalized spacial score (nSPS) is 10.3. The number of methoxy groups -OCH3 is 1. The zero-order valence-corrected chi connectivity index (χ0v) is 12.7. The van der Waals surface area contributed by atoms with Gasteiger partial charge >= 0.3 is 0 Å². The smallest absolute Gasteiger partial charge is 0.263 e. The first-order valence-corrected chi connectivity index (χ1v) is 6.69. The lowest BCUT2D eigenvalue weighted by atomic mass is 10.0. The maximum Gasteiger partial charge on any atom is 0.263 e. The molecule has 0 aliphatic carbocycles. The van der Waals surface area contributed by atoms with Gasteiger partial charge in [0.25, 0.3) is 5.91 Å². The summed E-state index contributed by atoms with van der Waals surface area (Å²) in [4.78, 5) is 12.5. The Bertz CT molecular complexity index is 669. The molecule has 0 fully saturated rings. The topological polar surface area (TPSA) is 58.6 Å². The Morgan fingerprint density at radius 1 is 1.14 bits per heavy atom. The second kappa shape index (κ2) is 5.87. The van der Waals surface area contributed by atoms with Crippen molar-refractivity contribution in [1.82, 2.24) is 0 Å². The lowest BCUT2D eigenvalue weighted by Crippen LogP contribution is -2.15. The van der Waals surface area contributed by atoms with Crippen LogP contribution in [0.4, 0.5) is 5.69 Å². The maximum absolute atomic E-state index is 12.5. The first-order chi connectivity index (χ1) is 9.93. The van der Waals surface area contributed by atoms with Gasteiger partial charge in [0, 0.05) is 5.69 Å². The summed E-state index contributed by atoms with van der Waals surface area (Å²) >= 11 is 0. The van der Waals surface area contributed by atoms with E-state index in [0.29, 0.717) is 5.75 Å². The van der Waals surface area contributed by atoms with Crippen molar-refractivity contribution in [3.8, 4) is 11.5 Å². The molecular formula is C17H19NO3. The minimum absolute atomic E-state index is 0.103. The number of carbonyl (C=O) groups excluding carboxylic acids is 1. The van der Waals surface area contributed by atoms with Gasteiger partial charge in [-0.3, -0.25) is 4.79 Å². The number of ether oxygens (including phenoxy) is 1. The van der Waals surface area contributed by atoms with E-state index in [1.807, 2.05) is 32.9 Å². The van der Waals surface area contributed by atoms with Gasteiger partial charge in [0.2, 0.25) is 0 Å². The molecular weight excluding hydrogens is 266 g/mol. The van der Waals surface area contributed by atoms with Crippen LogP contribution in [0.2, 0.25) is 0 Å². The minimum atomic E-state index is -0.389. The highest BCUT2D eigenvalue weighted by Gasteiger charge is 2.18. The van der Waals surface area contributed by atoms with Gasteiger partial charge in [0.15, 0.2) is 0 Å². The summed E-state index contributed by atoms with van der Waals surface area (Å²) in [6.07, 6.45) is 0. The average Bonchev–Trinajstić information content (AvgIpc) is 2.42. The molecule has 0 aliphatic heterocycles. The highest BCUT2D eigenvalue weighted by Crippen LogP contribution is 2.29. The van der Waals surface area contributed by atoms with Crippen molar-refractivity contribution in [2.45, 2.75) is 20.8 Å². The first-order valence-electron chi connectivity index (χ1n) is 6.69. The molecule has 2 aromatic carbocycles. The highest BCUT2D eigenvalue weighted by atomic mass is 16.5. The molecule has 21 heavy (non-hydrogen) atoms. The van der Waals surface area contributed by atoms with Gasteiger partial charge in [-0.1, -0.05) is 23.8 Å². The van der Waals surface area contributed by atoms with Gasteiger partial charge < -0.3 is 15.2 Å². The van der Waals surface area contributed by atoms with Crippen LogP contribution >= 0.6 is 0 Å². The minimum Gasteiger partial charge on any atom is -0.507 e. The van der Waals surface area contributed by atoms with Crippen molar-refractivity contribution in [3.05, 3.63) is 52.6 Å².